The van der Waals surface area contributed by atoms with Crippen molar-refractivity contribution in [3.63, 3.8) is 0 Å². The van der Waals surface area contributed by atoms with Crippen LogP contribution >= 0.6 is 0 Å². The normalized spacial score (nSPS) is 12.2. The predicted molar refractivity (Wildman–Crippen MR) is 465 cm³/mol. The Morgan fingerprint density at radius 1 is 0.275 bits per heavy atom. The van der Waals surface area contributed by atoms with Crippen LogP contribution in [-0.2, 0) is 0 Å². The molecule has 0 N–H and O–H groups in total. The van der Waals surface area contributed by atoms with Crippen LogP contribution in [-0.4, -0.2) is 114 Å². The van der Waals surface area contributed by atoms with E-state index >= 15 is 0 Å². The van der Waals surface area contributed by atoms with E-state index in [0.717, 1.165) is 116 Å². The molecule has 12 heterocycles. The van der Waals surface area contributed by atoms with Crippen LogP contribution in [0.25, 0.3) is 126 Å². The van der Waals surface area contributed by atoms with Gasteiger partial charge in [-0.05, 0) is 163 Å². The SMILES string of the molecule is C(/c1ccccc1)=c1\c(Oc2ccccc2)nn2nc(-c3cnccn3)nc12.Cc1nc2/c(=C/c3ccccc3)c(C)nn2n1.Cc1nc2/c(=C\c3c4ccccc4cc4ccccc34)c(C)nn2n1.Cc1nn2nc(-c3ccccc3)nc2/c1=C/c1ccc(-c2ccccc2)cc1.Cc1nn2nc(-c3cccnc3)nc2/c1=C\c1ccccc1. The molecule has 10 aromatic carbocycles. The predicted octanol–water partition coefficient (Wildman–Crippen LogP) is 14.2. The van der Waals surface area contributed by atoms with Gasteiger partial charge in [0.25, 0.3) is 0 Å². The van der Waals surface area contributed by atoms with E-state index in [1.165, 1.54) is 42.9 Å². The summed E-state index contributed by atoms with van der Waals surface area (Å²) in [6, 6.07) is 91.7. The fraction of sp³-hybridized carbons (Fsp3) is 0.0625. The summed E-state index contributed by atoms with van der Waals surface area (Å²) in [6.45, 7) is 11.7. The third-order valence-electron chi connectivity index (χ3n) is 19.8. The third kappa shape index (κ3) is 16.2. The maximum absolute atomic E-state index is 6.00. The molecule has 24 nitrogen and oxygen atoms in total. The number of aryl methyl sites for hydroxylation is 6. The van der Waals surface area contributed by atoms with Gasteiger partial charge in [-0.3, -0.25) is 9.97 Å². The highest BCUT2D eigenvalue weighted by Crippen LogP contribution is 2.30. The number of rotatable bonds is 11. The fourth-order valence-corrected chi connectivity index (χ4v) is 14.0. The van der Waals surface area contributed by atoms with E-state index < -0.39 is 0 Å². The van der Waals surface area contributed by atoms with Crippen molar-refractivity contribution in [1.29, 1.82) is 0 Å². The lowest BCUT2D eigenvalue weighted by atomic mass is 9.96. The minimum atomic E-state index is 0.441. The fourth-order valence-electron chi connectivity index (χ4n) is 14.0. The van der Waals surface area contributed by atoms with Gasteiger partial charge >= 0.3 is 0 Å². The monoisotopic (exact) mass is 1560 g/mol. The highest BCUT2D eigenvalue weighted by Gasteiger charge is 2.19. The van der Waals surface area contributed by atoms with Crippen molar-refractivity contribution in [2.24, 2.45) is 0 Å². The second-order valence-corrected chi connectivity index (χ2v) is 28.2. The number of hydrogen-bond acceptors (Lipinski definition) is 19. The number of pyridine rings is 1. The Balaban J connectivity index is 0.000000104. The minimum absolute atomic E-state index is 0.441. The summed E-state index contributed by atoms with van der Waals surface area (Å²) in [4.78, 5) is 35.3. The Labute approximate surface area is 685 Å². The first-order valence-electron chi connectivity index (χ1n) is 38.8. The summed E-state index contributed by atoms with van der Waals surface area (Å²) in [6.07, 6.45) is 18.8. The molecule has 0 saturated carbocycles. The summed E-state index contributed by atoms with van der Waals surface area (Å²) in [5, 5.41) is 54.0. The van der Waals surface area contributed by atoms with Gasteiger partial charge in [0, 0.05) is 56.8 Å². The number of hydrogen-bond donors (Lipinski definition) is 0. The van der Waals surface area contributed by atoms with Crippen LogP contribution < -0.4 is 30.8 Å². The lowest BCUT2D eigenvalue weighted by Gasteiger charge is -2.08. The molecular weight excluding hydrogens is 1490 g/mol. The van der Waals surface area contributed by atoms with Gasteiger partial charge in [-0.25, -0.2) is 29.9 Å². The van der Waals surface area contributed by atoms with Crippen molar-refractivity contribution in [2.75, 3.05) is 0 Å². The molecule has 24 heteroatoms. The van der Waals surface area contributed by atoms with E-state index in [1.54, 1.807) is 49.5 Å². The molecule has 22 rings (SSSR count). The molecule has 0 unspecified atom stereocenters. The molecule has 120 heavy (non-hydrogen) atoms. The van der Waals surface area contributed by atoms with Crippen molar-refractivity contribution in [1.82, 2.24) is 114 Å². The van der Waals surface area contributed by atoms with Crippen molar-refractivity contribution < 1.29 is 4.74 Å². The van der Waals surface area contributed by atoms with Crippen LogP contribution in [0.5, 0.6) is 11.6 Å². The van der Waals surface area contributed by atoms with Crippen molar-refractivity contribution in [3.8, 4) is 57.1 Å². The maximum atomic E-state index is 6.00. The molecule has 0 amide bonds. The van der Waals surface area contributed by atoms with E-state index in [-0.39, 0.29) is 0 Å². The molecule has 0 spiro atoms. The van der Waals surface area contributed by atoms with Crippen molar-refractivity contribution in [2.45, 2.75) is 41.5 Å². The average Bonchev–Trinajstić information content (AvgIpc) is 1.53. The van der Waals surface area contributed by atoms with Gasteiger partial charge in [0.15, 0.2) is 39.9 Å². The quantitative estimate of drug-likeness (QED) is 0.109. The van der Waals surface area contributed by atoms with Gasteiger partial charge in [-0.1, -0.05) is 243 Å². The Kier molecular flexibility index (Phi) is 20.9. The van der Waals surface area contributed by atoms with E-state index in [4.69, 9.17) is 9.72 Å². The lowest BCUT2D eigenvalue weighted by Crippen LogP contribution is -2.04. The van der Waals surface area contributed by atoms with Gasteiger partial charge in [-0.15, -0.1) is 53.7 Å². The highest BCUT2D eigenvalue weighted by molar-refractivity contribution is 6.07. The van der Waals surface area contributed by atoms with Crippen LogP contribution in [0.2, 0.25) is 0 Å². The molecule has 0 atom stereocenters. The summed E-state index contributed by atoms with van der Waals surface area (Å²) in [5.41, 5.74) is 18.0. The van der Waals surface area contributed by atoms with E-state index in [2.05, 4.69) is 238 Å². The number of nitrogens with zero attached hydrogens (tertiary/aromatic N) is 23. The van der Waals surface area contributed by atoms with Crippen molar-refractivity contribution in [3.05, 3.63) is 392 Å². The summed E-state index contributed by atoms with van der Waals surface area (Å²) in [5.74, 6) is 4.41. The van der Waals surface area contributed by atoms with Crippen LogP contribution in [0.1, 0.15) is 62.2 Å². The minimum Gasteiger partial charge on any atom is -0.437 e. The molecule has 0 aliphatic rings. The number of aromatic nitrogens is 23. The zero-order chi connectivity index (χ0) is 81.4. The smallest absolute Gasteiger partial charge is 0.250 e. The largest absolute Gasteiger partial charge is 0.437 e. The third-order valence-corrected chi connectivity index (χ3v) is 19.8. The molecule has 0 saturated heterocycles. The molecular formula is C96H73N23O. The van der Waals surface area contributed by atoms with Gasteiger partial charge in [0.1, 0.15) is 23.1 Å². The molecule has 12 aromatic heterocycles. The van der Waals surface area contributed by atoms with Crippen LogP contribution in [0, 0.1) is 41.5 Å². The Bertz CT molecular complexity index is 7620. The van der Waals surface area contributed by atoms with Gasteiger partial charge < -0.3 is 4.74 Å². The van der Waals surface area contributed by atoms with Gasteiger partial charge in [0.2, 0.25) is 11.7 Å². The first-order valence-corrected chi connectivity index (χ1v) is 38.8. The second-order valence-electron chi connectivity index (χ2n) is 28.2. The molecule has 578 valence electrons. The average molecular weight is 1560 g/mol. The molecule has 0 aliphatic carbocycles. The topological polar surface area (TPSA) is 263 Å². The van der Waals surface area contributed by atoms with Crippen LogP contribution in [0.15, 0.2) is 304 Å². The van der Waals surface area contributed by atoms with E-state index in [0.29, 0.717) is 40.4 Å². The summed E-state index contributed by atoms with van der Waals surface area (Å²) in [7, 11) is 0. The standard InChI is InChI=1S/C24H18N4.C21H14N6O.C21H16N4.C17H13N5.C13H12N4/c1-17-22(16-18-12-14-20(15-13-18)19-8-4-2-5-9-19)24-25-23(27-28(24)26-17)21-10-6-3-7-11-21;1-3-7-15(8-4-1)13-17-20-24-19(18-14-22-11-12-23-18)25-27(20)26-21(17)28-16-9-5-2-6-10-16;1-13-19(21-22-14(2)24-25(21)23-13)12-20-17-9-5-3-7-15(17)11-16-8-4-6-10-18(16)20;1-12-15(10-13-6-3-2-4-7-13)17-19-16(21-22(17)20-12)14-8-5-9-18-11-14;1-9-12(8-11-6-4-3-5-7-11)13-14-10(2)16-17(13)15-9/h2-16H,1H3;1-14H;3-12H,1-2H3;2-11H,1H3;3-8H,1-2H3/b22-16+;17-13+;19-12-;15-10-;12-8+. The Morgan fingerprint density at radius 3 is 1.14 bits per heavy atom. The molecule has 22 aromatic rings. The number of benzene rings is 10. The molecule has 0 radical (unpaired) electrons. The van der Waals surface area contributed by atoms with Crippen LogP contribution in [0.3, 0.4) is 0 Å². The van der Waals surface area contributed by atoms with Crippen molar-refractivity contribution >= 4 is 80.2 Å². The number of ether oxygens (including phenoxy) is 1. The van der Waals surface area contributed by atoms with E-state index in [1.807, 2.05) is 193 Å². The second kappa shape index (κ2) is 33.5. The zero-order valence-electron chi connectivity index (χ0n) is 65.9. The van der Waals surface area contributed by atoms with Gasteiger partial charge in [-0.2, -0.15) is 20.4 Å². The maximum Gasteiger partial charge on any atom is 0.250 e. The van der Waals surface area contributed by atoms with Gasteiger partial charge in [0.05, 0.1) is 34.2 Å². The zero-order valence-corrected chi connectivity index (χ0v) is 65.9. The lowest BCUT2D eigenvalue weighted by molar-refractivity contribution is 0.453. The summed E-state index contributed by atoms with van der Waals surface area (Å²) >= 11 is 0. The van der Waals surface area contributed by atoms with Crippen LogP contribution in [0.4, 0.5) is 0 Å². The molecule has 0 fully saturated rings. The molecule has 0 bridgehead atoms. The summed E-state index contributed by atoms with van der Waals surface area (Å²) < 4.78 is 13.9. The molecule has 0 aliphatic heterocycles. The number of para-hydroxylation sites is 1. The Hall–Kier alpha value is -16.5. The van der Waals surface area contributed by atoms with E-state index in [9.17, 15) is 0 Å². The first-order chi connectivity index (χ1) is 58.9. The first kappa shape index (κ1) is 74.9. The number of fused-ring (bicyclic) bond motifs is 7. The highest BCUT2D eigenvalue weighted by atomic mass is 16.5. The Morgan fingerprint density at radius 2 is 0.650 bits per heavy atom.